The fourth-order valence-corrected chi connectivity index (χ4v) is 2.91. The minimum Gasteiger partial charge on any atom is -0.316 e. The van der Waals surface area contributed by atoms with Crippen molar-refractivity contribution in [2.24, 2.45) is 0 Å². The van der Waals surface area contributed by atoms with Gasteiger partial charge in [-0.15, -0.1) is 11.8 Å². The number of piperidine rings is 1. The molecule has 3 rings (SSSR count). The molecule has 1 atom stereocenters. The zero-order valence-corrected chi connectivity index (χ0v) is 10.7. The van der Waals surface area contributed by atoms with Crippen LogP contribution in [0.1, 0.15) is 24.5 Å². The van der Waals surface area contributed by atoms with Crippen LogP contribution < -0.4 is 5.32 Å². The lowest BCUT2D eigenvalue weighted by atomic mass is 9.96. The molecule has 1 saturated heterocycles. The molecule has 90 valence electrons. The van der Waals surface area contributed by atoms with Crippen LogP contribution >= 0.6 is 11.8 Å². The summed E-state index contributed by atoms with van der Waals surface area (Å²) in [7, 11) is 0. The summed E-state index contributed by atoms with van der Waals surface area (Å²) in [5, 5.41) is 8.90. The molecule has 1 aliphatic rings. The third-order valence-electron chi connectivity index (χ3n) is 3.27. The monoisotopic (exact) mass is 248 g/mol. The third-order valence-corrected chi connectivity index (χ3v) is 3.98. The first-order valence-electron chi connectivity index (χ1n) is 5.98. The predicted molar refractivity (Wildman–Crippen MR) is 69.6 cm³/mol. The first-order valence-corrected chi connectivity index (χ1v) is 7.20. The number of aromatic nitrogens is 3. The van der Waals surface area contributed by atoms with Gasteiger partial charge in [0.25, 0.3) is 0 Å². The van der Waals surface area contributed by atoms with Gasteiger partial charge in [0, 0.05) is 24.2 Å². The second-order valence-corrected chi connectivity index (χ2v) is 5.19. The van der Waals surface area contributed by atoms with Crippen molar-refractivity contribution in [3.8, 4) is 0 Å². The highest BCUT2D eigenvalue weighted by Crippen LogP contribution is 2.25. The zero-order valence-electron chi connectivity index (χ0n) is 9.89. The van der Waals surface area contributed by atoms with Crippen molar-refractivity contribution < 1.29 is 0 Å². The highest BCUT2D eigenvalue weighted by Gasteiger charge is 2.18. The molecule has 4 nitrogen and oxygen atoms in total. The SMILES string of the molecule is CSc1cc(C2CCCNC2)nc2ccnn12. The summed E-state index contributed by atoms with van der Waals surface area (Å²) >= 11 is 1.72. The van der Waals surface area contributed by atoms with Crippen molar-refractivity contribution >= 4 is 17.4 Å². The number of rotatable bonds is 2. The molecule has 1 N–H and O–H groups in total. The van der Waals surface area contributed by atoms with E-state index < -0.39 is 0 Å². The maximum Gasteiger partial charge on any atom is 0.156 e. The smallest absolute Gasteiger partial charge is 0.156 e. The van der Waals surface area contributed by atoms with Gasteiger partial charge in [0.2, 0.25) is 0 Å². The van der Waals surface area contributed by atoms with Gasteiger partial charge in [-0.2, -0.15) is 5.10 Å². The molecule has 17 heavy (non-hydrogen) atoms. The van der Waals surface area contributed by atoms with Crippen LogP contribution in [-0.2, 0) is 0 Å². The van der Waals surface area contributed by atoms with Crippen LogP contribution in [0.4, 0.5) is 0 Å². The van der Waals surface area contributed by atoms with Crippen molar-refractivity contribution in [2.45, 2.75) is 23.8 Å². The van der Waals surface area contributed by atoms with E-state index in [2.05, 4.69) is 22.7 Å². The van der Waals surface area contributed by atoms with Gasteiger partial charge < -0.3 is 5.32 Å². The minimum atomic E-state index is 0.551. The van der Waals surface area contributed by atoms with Crippen LogP contribution in [0.2, 0.25) is 0 Å². The predicted octanol–water partition coefficient (Wildman–Crippen LogP) is 1.92. The summed E-state index contributed by atoms with van der Waals surface area (Å²) in [6.07, 6.45) is 6.37. The molecule has 5 heteroatoms. The van der Waals surface area contributed by atoms with E-state index >= 15 is 0 Å². The summed E-state index contributed by atoms with van der Waals surface area (Å²) in [6.45, 7) is 2.19. The van der Waals surface area contributed by atoms with E-state index in [1.54, 1.807) is 11.8 Å². The van der Waals surface area contributed by atoms with E-state index in [0.29, 0.717) is 5.92 Å². The molecule has 0 aliphatic carbocycles. The molecule has 2 aromatic heterocycles. The summed E-state index contributed by atoms with van der Waals surface area (Å²) < 4.78 is 1.91. The average Bonchev–Trinajstić information content (AvgIpc) is 2.86. The quantitative estimate of drug-likeness (QED) is 0.651. The molecule has 1 unspecified atom stereocenters. The first kappa shape index (κ1) is 11.0. The van der Waals surface area contributed by atoms with Crippen LogP contribution in [0.25, 0.3) is 5.65 Å². The molecule has 0 bridgehead atoms. The van der Waals surface area contributed by atoms with Crippen LogP contribution in [0.3, 0.4) is 0 Å². The van der Waals surface area contributed by atoms with Gasteiger partial charge in [-0.05, 0) is 31.7 Å². The normalized spacial score (nSPS) is 20.9. The number of nitrogens with one attached hydrogen (secondary N) is 1. The van der Waals surface area contributed by atoms with E-state index in [1.165, 1.54) is 23.6 Å². The van der Waals surface area contributed by atoms with E-state index in [0.717, 1.165) is 18.7 Å². The second-order valence-electron chi connectivity index (χ2n) is 4.37. The molecule has 2 aromatic rings. The van der Waals surface area contributed by atoms with Crippen molar-refractivity contribution in [3.05, 3.63) is 24.0 Å². The molecule has 0 saturated carbocycles. The summed E-state index contributed by atoms with van der Waals surface area (Å²) in [6, 6.07) is 4.15. The Morgan fingerprint density at radius 2 is 2.47 bits per heavy atom. The average molecular weight is 248 g/mol. The van der Waals surface area contributed by atoms with Gasteiger partial charge in [0.15, 0.2) is 5.65 Å². The fraction of sp³-hybridized carbons (Fsp3) is 0.500. The Morgan fingerprint density at radius 1 is 1.53 bits per heavy atom. The molecule has 0 aromatic carbocycles. The maximum absolute atomic E-state index is 4.71. The maximum atomic E-state index is 4.71. The Bertz CT molecular complexity index is 516. The minimum absolute atomic E-state index is 0.551. The highest BCUT2D eigenvalue weighted by atomic mass is 32.2. The lowest BCUT2D eigenvalue weighted by Crippen LogP contribution is -2.29. The lowest BCUT2D eigenvalue weighted by Gasteiger charge is -2.22. The Morgan fingerprint density at radius 3 is 3.24 bits per heavy atom. The van der Waals surface area contributed by atoms with E-state index in [4.69, 9.17) is 4.98 Å². The molecule has 0 spiro atoms. The fourth-order valence-electron chi connectivity index (χ4n) is 2.36. The van der Waals surface area contributed by atoms with Gasteiger partial charge in [-0.1, -0.05) is 0 Å². The zero-order chi connectivity index (χ0) is 11.7. The lowest BCUT2D eigenvalue weighted by molar-refractivity contribution is 0.453. The topological polar surface area (TPSA) is 42.2 Å². The Kier molecular flexibility index (Phi) is 3.03. The number of hydrogen-bond acceptors (Lipinski definition) is 4. The molecule has 1 fully saturated rings. The van der Waals surface area contributed by atoms with Crippen LogP contribution in [0.5, 0.6) is 0 Å². The highest BCUT2D eigenvalue weighted by molar-refractivity contribution is 7.98. The van der Waals surface area contributed by atoms with Gasteiger partial charge in [0.1, 0.15) is 5.03 Å². The largest absolute Gasteiger partial charge is 0.316 e. The van der Waals surface area contributed by atoms with E-state index in [1.807, 2.05) is 16.8 Å². The number of fused-ring (bicyclic) bond motifs is 1. The van der Waals surface area contributed by atoms with Gasteiger partial charge in [0.05, 0.1) is 6.20 Å². The standard InChI is InChI=1S/C12H16N4S/c1-17-12-7-10(9-3-2-5-13-8-9)15-11-4-6-14-16(11)12/h4,6-7,9,13H,2-3,5,8H2,1H3. The molecule has 0 amide bonds. The van der Waals surface area contributed by atoms with Crippen LogP contribution in [0, 0.1) is 0 Å². The van der Waals surface area contributed by atoms with Crippen molar-refractivity contribution in [2.75, 3.05) is 19.3 Å². The summed E-state index contributed by atoms with van der Waals surface area (Å²) in [5.41, 5.74) is 2.16. The molecule has 0 radical (unpaired) electrons. The summed E-state index contributed by atoms with van der Waals surface area (Å²) in [5.74, 6) is 0.551. The van der Waals surface area contributed by atoms with Gasteiger partial charge in [-0.25, -0.2) is 9.50 Å². The molecular weight excluding hydrogens is 232 g/mol. The molecular formula is C12H16N4S. The van der Waals surface area contributed by atoms with E-state index in [9.17, 15) is 0 Å². The van der Waals surface area contributed by atoms with Crippen molar-refractivity contribution in [3.63, 3.8) is 0 Å². The van der Waals surface area contributed by atoms with Crippen molar-refractivity contribution in [1.29, 1.82) is 0 Å². The van der Waals surface area contributed by atoms with Gasteiger partial charge in [-0.3, -0.25) is 0 Å². The van der Waals surface area contributed by atoms with Crippen molar-refractivity contribution in [1.82, 2.24) is 19.9 Å². The Labute approximate surface area is 105 Å². The second kappa shape index (κ2) is 4.66. The van der Waals surface area contributed by atoms with Crippen LogP contribution in [-0.4, -0.2) is 33.9 Å². The first-order chi connectivity index (χ1) is 8.38. The van der Waals surface area contributed by atoms with Gasteiger partial charge >= 0.3 is 0 Å². The number of thioether (sulfide) groups is 1. The van der Waals surface area contributed by atoms with E-state index in [-0.39, 0.29) is 0 Å². The Balaban J connectivity index is 2.03. The molecule has 3 heterocycles. The Hall–Kier alpha value is -1.07. The molecule has 1 aliphatic heterocycles. The number of hydrogen-bond donors (Lipinski definition) is 1. The van der Waals surface area contributed by atoms with Crippen LogP contribution in [0.15, 0.2) is 23.4 Å². The number of nitrogens with zero attached hydrogens (tertiary/aromatic N) is 3. The summed E-state index contributed by atoms with van der Waals surface area (Å²) in [4.78, 5) is 4.71. The third kappa shape index (κ3) is 2.05.